The highest BCUT2D eigenvalue weighted by molar-refractivity contribution is 5.49. The van der Waals surface area contributed by atoms with Crippen LogP contribution >= 0.6 is 0 Å². The third kappa shape index (κ3) is 9.94. The molecule has 0 saturated carbocycles. The predicted octanol–water partition coefficient (Wildman–Crippen LogP) is 7.98. The molecule has 0 aliphatic heterocycles. The minimum absolute atomic E-state index is 0.826. The fourth-order valence-electron chi connectivity index (χ4n) is 2.24. The Morgan fingerprint density at radius 2 is 1.83 bits per heavy atom. The standard InChI is InChI=1S/C19H26.2C2H6/c1-6-8-9-19(15(3)4)14-17(7-2)18-12-10-16(5)11-13-18;2*1-2/h6-9,12,14,16H,1,3,10-11,13H2,2,4-5H3;2*1-2H3/b9-8-,17-7+,19-14-;;. The summed E-state index contributed by atoms with van der Waals surface area (Å²) in [5, 5.41) is 0. The van der Waals surface area contributed by atoms with Crippen LogP contribution in [0.3, 0.4) is 0 Å². The van der Waals surface area contributed by atoms with E-state index in [0.717, 1.165) is 11.5 Å². The van der Waals surface area contributed by atoms with Gasteiger partial charge in [0, 0.05) is 0 Å². The van der Waals surface area contributed by atoms with E-state index in [1.807, 2.05) is 40.7 Å². The van der Waals surface area contributed by atoms with E-state index in [0.29, 0.717) is 0 Å². The van der Waals surface area contributed by atoms with Gasteiger partial charge in [-0.1, -0.05) is 83.7 Å². The van der Waals surface area contributed by atoms with E-state index in [1.54, 1.807) is 6.08 Å². The van der Waals surface area contributed by atoms with Gasteiger partial charge in [0.2, 0.25) is 0 Å². The lowest BCUT2D eigenvalue weighted by molar-refractivity contribution is 0.517. The Morgan fingerprint density at radius 3 is 2.22 bits per heavy atom. The monoisotopic (exact) mass is 314 g/mol. The van der Waals surface area contributed by atoms with Crippen LogP contribution in [0.2, 0.25) is 0 Å². The smallest absolute Gasteiger partial charge is 0.0227 e. The first-order valence-electron chi connectivity index (χ1n) is 9.10. The highest BCUT2D eigenvalue weighted by Gasteiger charge is 2.12. The SMILES string of the molecule is C=C\C=C/C(=C/C(=C\C)C1=CCC(C)CC1)C(=C)C.CC.CC. The van der Waals surface area contributed by atoms with Crippen molar-refractivity contribution in [1.29, 1.82) is 0 Å². The van der Waals surface area contributed by atoms with Gasteiger partial charge in [-0.15, -0.1) is 0 Å². The van der Waals surface area contributed by atoms with E-state index in [9.17, 15) is 0 Å². The lowest BCUT2D eigenvalue weighted by atomic mass is 9.86. The minimum Gasteiger partial charge on any atom is -0.0991 e. The molecule has 0 N–H and O–H groups in total. The third-order valence-electron chi connectivity index (χ3n) is 3.57. The summed E-state index contributed by atoms with van der Waals surface area (Å²) in [6, 6.07) is 0. The summed E-state index contributed by atoms with van der Waals surface area (Å²) in [6.45, 7) is 22.3. The normalized spacial score (nSPS) is 18.2. The quantitative estimate of drug-likeness (QED) is 0.451. The molecule has 0 radical (unpaired) electrons. The molecule has 0 bridgehead atoms. The van der Waals surface area contributed by atoms with Gasteiger partial charge in [-0.05, 0) is 61.8 Å². The first-order valence-corrected chi connectivity index (χ1v) is 9.10. The molecule has 0 aromatic rings. The van der Waals surface area contributed by atoms with Crippen molar-refractivity contribution in [3.8, 4) is 0 Å². The highest BCUT2D eigenvalue weighted by Crippen LogP contribution is 2.29. The zero-order valence-corrected chi connectivity index (χ0v) is 16.6. The average molecular weight is 315 g/mol. The molecule has 0 saturated heterocycles. The van der Waals surface area contributed by atoms with Gasteiger partial charge in [0.25, 0.3) is 0 Å². The largest absolute Gasteiger partial charge is 0.0991 e. The van der Waals surface area contributed by atoms with Crippen LogP contribution in [0.15, 0.2) is 71.9 Å². The van der Waals surface area contributed by atoms with Crippen molar-refractivity contribution in [2.75, 3.05) is 0 Å². The van der Waals surface area contributed by atoms with Crippen molar-refractivity contribution in [3.63, 3.8) is 0 Å². The first kappa shape index (κ1) is 23.7. The number of hydrogen-bond donors (Lipinski definition) is 0. The van der Waals surface area contributed by atoms with Crippen LogP contribution < -0.4 is 0 Å². The van der Waals surface area contributed by atoms with Crippen molar-refractivity contribution < 1.29 is 0 Å². The summed E-state index contributed by atoms with van der Waals surface area (Å²) in [5.41, 5.74) is 5.07. The molecule has 0 spiro atoms. The summed E-state index contributed by atoms with van der Waals surface area (Å²) in [6.07, 6.45) is 16.4. The highest BCUT2D eigenvalue weighted by atomic mass is 14.2. The van der Waals surface area contributed by atoms with Crippen LogP contribution in [0.4, 0.5) is 0 Å². The maximum atomic E-state index is 4.05. The molecule has 0 heteroatoms. The Bertz CT molecular complexity index is 452. The van der Waals surface area contributed by atoms with E-state index in [-0.39, 0.29) is 0 Å². The molecule has 0 fully saturated rings. The molecule has 0 amide bonds. The van der Waals surface area contributed by atoms with E-state index in [4.69, 9.17) is 0 Å². The van der Waals surface area contributed by atoms with E-state index in [2.05, 4.69) is 51.3 Å². The molecular weight excluding hydrogens is 276 g/mol. The molecule has 130 valence electrons. The summed E-state index contributed by atoms with van der Waals surface area (Å²) in [7, 11) is 0. The van der Waals surface area contributed by atoms with Gasteiger partial charge in [-0.25, -0.2) is 0 Å². The zero-order chi connectivity index (χ0) is 18.3. The van der Waals surface area contributed by atoms with Crippen LogP contribution in [0.1, 0.15) is 67.7 Å². The zero-order valence-electron chi connectivity index (χ0n) is 16.6. The fourth-order valence-corrected chi connectivity index (χ4v) is 2.24. The van der Waals surface area contributed by atoms with E-state index < -0.39 is 0 Å². The van der Waals surface area contributed by atoms with Gasteiger partial charge in [0.05, 0.1) is 0 Å². The molecule has 0 heterocycles. The van der Waals surface area contributed by atoms with Gasteiger partial charge in [0.15, 0.2) is 0 Å². The third-order valence-corrected chi connectivity index (χ3v) is 3.57. The molecule has 1 aliphatic rings. The Hall–Kier alpha value is -1.56. The minimum atomic E-state index is 0.826. The fraction of sp³-hybridized carbons (Fsp3) is 0.478. The summed E-state index contributed by atoms with van der Waals surface area (Å²) in [4.78, 5) is 0. The van der Waals surface area contributed by atoms with Gasteiger partial charge in [0.1, 0.15) is 0 Å². The Morgan fingerprint density at radius 1 is 1.22 bits per heavy atom. The predicted molar refractivity (Wildman–Crippen MR) is 110 cm³/mol. The summed E-state index contributed by atoms with van der Waals surface area (Å²) < 4.78 is 0. The van der Waals surface area contributed by atoms with Gasteiger partial charge in [-0.2, -0.15) is 0 Å². The van der Waals surface area contributed by atoms with E-state index >= 15 is 0 Å². The molecule has 0 aromatic heterocycles. The van der Waals surface area contributed by atoms with Crippen LogP contribution in [0, 0.1) is 5.92 Å². The van der Waals surface area contributed by atoms with Crippen molar-refractivity contribution in [2.45, 2.75) is 67.7 Å². The topological polar surface area (TPSA) is 0 Å². The lowest BCUT2D eigenvalue weighted by Gasteiger charge is -2.19. The van der Waals surface area contributed by atoms with Crippen molar-refractivity contribution in [2.24, 2.45) is 5.92 Å². The van der Waals surface area contributed by atoms with Gasteiger partial charge < -0.3 is 0 Å². The molecular formula is C23H38. The van der Waals surface area contributed by atoms with Gasteiger partial charge >= 0.3 is 0 Å². The van der Waals surface area contributed by atoms with Crippen molar-refractivity contribution in [3.05, 3.63) is 71.9 Å². The number of allylic oxidation sites excluding steroid dienone is 10. The van der Waals surface area contributed by atoms with Crippen LogP contribution in [-0.2, 0) is 0 Å². The van der Waals surface area contributed by atoms with Crippen molar-refractivity contribution >= 4 is 0 Å². The number of rotatable bonds is 5. The van der Waals surface area contributed by atoms with Gasteiger partial charge in [-0.3, -0.25) is 0 Å². The van der Waals surface area contributed by atoms with Crippen molar-refractivity contribution in [1.82, 2.24) is 0 Å². The lowest BCUT2D eigenvalue weighted by Crippen LogP contribution is -2.02. The molecule has 0 nitrogen and oxygen atoms in total. The molecule has 1 rings (SSSR count). The second kappa shape index (κ2) is 15.3. The number of hydrogen-bond acceptors (Lipinski definition) is 0. The Balaban J connectivity index is 0. The van der Waals surface area contributed by atoms with Crippen LogP contribution in [0.25, 0.3) is 0 Å². The Kier molecular flexibility index (Phi) is 15.8. The maximum absolute atomic E-state index is 4.05. The molecule has 23 heavy (non-hydrogen) atoms. The second-order valence-electron chi connectivity index (χ2n) is 5.33. The Labute approximate surface area is 146 Å². The van der Waals surface area contributed by atoms with Crippen LogP contribution in [-0.4, -0.2) is 0 Å². The average Bonchev–Trinajstić information content (AvgIpc) is 2.59. The summed E-state index contributed by atoms with van der Waals surface area (Å²) in [5.74, 6) is 0.826. The molecule has 0 aromatic carbocycles. The van der Waals surface area contributed by atoms with Crippen LogP contribution in [0.5, 0.6) is 0 Å². The second-order valence-corrected chi connectivity index (χ2v) is 5.33. The summed E-state index contributed by atoms with van der Waals surface area (Å²) >= 11 is 0. The van der Waals surface area contributed by atoms with E-state index in [1.165, 1.54) is 36.0 Å². The maximum Gasteiger partial charge on any atom is -0.0227 e. The first-order chi connectivity index (χ1) is 11.1. The molecule has 1 aliphatic carbocycles. The molecule has 1 unspecified atom stereocenters. The molecule has 1 atom stereocenters.